The van der Waals surface area contributed by atoms with Crippen LogP contribution in [0.25, 0.3) is 0 Å². The molecule has 0 saturated carbocycles. The van der Waals surface area contributed by atoms with Gasteiger partial charge in [0, 0.05) is 28.7 Å². The minimum atomic E-state index is 0.0973. The van der Waals surface area contributed by atoms with Gasteiger partial charge in [0.1, 0.15) is 5.75 Å². The van der Waals surface area contributed by atoms with E-state index in [1.165, 1.54) is 0 Å². The Morgan fingerprint density at radius 2 is 1.96 bits per heavy atom. The molecule has 3 rings (SSSR count). The van der Waals surface area contributed by atoms with Crippen LogP contribution in [-0.4, -0.2) is 24.0 Å². The number of benzene rings is 2. The Hall–Kier alpha value is -1.81. The lowest BCUT2D eigenvalue weighted by molar-refractivity contribution is 0.0725. The van der Waals surface area contributed by atoms with Crippen LogP contribution in [0.3, 0.4) is 0 Å². The number of hydrogen-bond acceptors (Lipinski definition) is 2. The Morgan fingerprint density at radius 3 is 2.71 bits per heavy atom. The highest BCUT2D eigenvalue weighted by Crippen LogP contribution is 2.29. The van der Waals surface area contributed by atoms with Crippen molar-refractivity contribution in [1.82, 2.24) is 4.90 Å². The molecule has 0 N–H and O–H groups in total. The van der Waals surface area contributed by atoms with Gasteiger partial charge in [-0.2, -0.15) is 0 Å². The second-order valence-corrected chi connectivity index (χ2v) is 7.00. The highest BCUT2D eigenvalue weighted by atomic mass is 79.9. The highest BCUT2D eigenvalue weighted by Gasteiger charge is 2.26. The first kappa shape index (κ1) is 17.0. The highest BCUT2D eigenvalue weighted by molar-refractivity contribution is 9.10. The quantitative estimate of drug-likeness (QED) is 0.664. The van der Waals surface area contributed by atoms with Crippen LogP contribution in [0.4, 0.5) is 0 Å². The van der Waals surface area contributed by atoms with Gasteiger partial charge in [-0.05, 0) is 42.7 Å². The second kappa shape index (κ2) is 7.84. The van der Waals surface area contributed by atoms with E-state index in [1.54, 1.807) is 0 Å². The average molecular weight is 388 g/mol. The van der Waals surface area contributed by atoms with Crippen molar-refractivity contribution < 1.29 is 9.53 Å². The van der Waals surface area contributed by atoms with Gasteiger partial charge in [-0.3, -0.25) is 4.79 Å². The summed E-state index contributed by atoms with van der Waals surface area (Å²) >= 11 is 3.44. The molecule has 0 atom stereocenters. The summed E-state index contributed by atoms with van der Waals surface area (Å²) in [6, 6.07) is 13.9. The van der Waals surface area contributed by atoms with Crippen LogP contribution in [0.1, 0.15) is 41.3 Å². The van der Waals surface area contributed by atoms with Gasteiger partial charge in [0.2, 0.25) is 0 Å². The van der Waals surface area contributed by atoms with Crippen molar-refractivity contribution in [2.45, 2.75) is 32.7 Å². The van der Waals surface area contributed by atoms with E-state index in [0.717, 1.165) is 52.7 Å². The van der Waals surface area contributed by atoms with Crippen molar-refractivity contribution in [2.75, 3.05) is 13.2 Å². The summed E-state index contributed by atoms with van der Waals surface area (Å²) in [5.41, 5.74) is 2.99. The molecule has 126 valence electrons. The fraction of sp³-hybridized carbons (Fsp3) is 0.350. The number of carbonyl (C=O) groups excluding carboxylic acids is 1. The molecule has 4 heteroatoms. The van der Waals surface area contributed by atoms with Gasteiger partial charge in [0.05, 0.1) is 6.61 Å². The number of halogens is 1. The molecule has 0 radical (unpaired) electrons. The third-order valence-corrected chi connectivity index (χ3v) is 4.85. The first-order valence-electron chi connectivity index (χ1n) is 8.47. The molecule has 0 saturated heterocycles. The van der Waals surface area contributed by atoms with Crippen LogP contribution in [-0.2, 0) is 13.0 Å². The summed E-state index contributed by atoms with van der Waals surface area (Å²) < 4.78 is 6.94. The summed E-state index contributed by atoms with van der Waals surface area (Å²) in [4.78, 5) is 14.7. The summed E-state index contributed by atoms with van der Waals surface area (Å²) in [6.07, 6.45) is 2.99. The van der Waals surface area contributed by atoms with Crippen LogP contribution in [0.15, 0.2) is 46.9 Å². The number of nitrogens with zero attached hydrogens (tertiary/aromatic N) is 1. The second-order valence-electron chi connectivity index (χ2n) is 6.09. The topological polar surface area (TPSA) is 29.5 Å². The Kier molecular flexibility index (Phi) is 5.56. The fourth-order valence-corrected chi connectivity index (χ4v) is 3.23. The molecule has 1 amide bonds. The molecule has 2 aromatic carbocycles. The number of ether oxygens (including phenoxy) is 1. The normalized spacial score (nSPS) is 13.8. The first-order valence-corrected chi connectivity index (χ1v) is 9.26. The molecule has 0 aromatic heterocycles. The van der Waals surface area contributed by atoms with E-state index >= 15 is 0 Å². The Labute approximate surface area is 151 Å². The van der Waals surface area contributed by atoms with Gasteiger partial charge in [-0.25, -0.2) is 0 Å². The zero-order valence-corrected chi connectivity index (χ0v) is 15.5. The van der Waals surface area contributed by atoms with Crippen LogP contribution < -0.4 is 4.74 Å². The molecule has 3 nitrogen and oxygen atoms in total. The third kappa shape index (κ3) is 3.81. The van der Waals surface area contributed by atoms with Crippen molar-refractivity contribution in [3.8, 4) is 5.75 Å². The smallest absolute Gasteiger partial charge is 0.254 e. The number of carbonyl (C=O) groups is 1. The molecule has 1 heterocycles. The number of unbranched alkanes of at least 4 members (excludes halogenated alkanes) is 1. The predicted octanol–water partition coefficient (Wildman–Crippen LogP) is 4.83. The summed E-state index contributed by atoms with van der Waals surface area (Å²) in [7, 11) is 0. The largest absolute Gasteiger partial charge is 0.493 e. The minimum Gasteiger partial charge on any atom is -0.493 e. The van der Waals surface area contributed by atoms with Crippen LogP contribution in [0.5, 0.6) is 5.75 Å². The third-order valence-electron chi connectivity index (χ3n) is 4.32. The Morgan fingerprint density at radius 1 is 1.17 bits per heavy atom. The van der Waals surface area contributed by atoms with E-state index in [-0.39, 0.29) is 5.91 Å². The van der Waals surface area contributed by atoms with Crippen molar-refractivity contribution in [3.05, 3.63) is 63.6 Å². The van der Waals surface area contributed by atoms with Gasteiger partial charge >= 0.3 is 0 Å². The van der Waals surface area contributed by atoms with Crippen molar-refractivity contribution >= 4 is 21.8 Å². The zero-order chi connectivity index (χ0) is 16.9. The van der Waals surface area contributed by atoms with Gasteiger partial charge in [-0.15, -0.1) is 0 Å². The Balaban J connectivity index is 1.75. The molecule has 0 fully saturated rings. The zero-order valence-electron chi connectivity index (χ0n) is 13.9. The van der Waals surface area contributed by atoms with Crippen LogP contribution >= 0.6 is 15.9 Å². The number of rotatable bonds is 6. The van der Waals surface area contributed by atoms with Gasteiger partial charge in [-0.1, -0.05) is 47.5 Å². The molecular weight excluding hydrogens is 366 g/mol. The molecule has 2 aromatic rings. The molecule has 0 spiro atoms. The average Bonchev–Trinajstić information content (AvgIpc) is 2.60. The van der Waals surface area contributed by atoms with Crippen molar-refractivity contribution in [1.29, 1.82) is 0 Å². The SMILES string of the molecule is CCCCOc1cccc2c1CCN(Cc1ccc(Br)cc1)C2=O. The number of amides is 1. The van der Waals surface area contributed by atoms with E-state index in [1.807, 2.05) is 35.2 Å². The predicted molar refractivity (Wildman–Crippen MR) is 99.4 cm³/mol. The maximum absolute atomic E-state index is 12.8. The monoisotopic (exact) mass is 387 g/mol. The minimum absolute atomic E-state index is 0.0973. The molecule has 24 heavy (non-hydrogen) atoms. The molecular formula is C20H22BrNO2. The molecule has 0 aliphatic carbocycles. The van der Waals surface area contributed by atoms with E-state index < -0.39 is 0 Å². The van der Waals surface area contributed by atoms with Gasteiger partial charge in [0.25, 0.3) is 5.91 Å². The number of hydrogen-bond donors (Lipinski definition) is 0. The van der Waals surface area contributed by atoms with Gasteiger partial charge < -0.3 is 9.64 Å². The first-order chi connectivity index (χ1) is 11.7. The summed E-state index contributed by atoms with van der Waals surface area (Å²) in [6.45, 7) is 4.24. The maximum atomic E-state index is 12.8. The van der Waals surface area contributed by atoms with Crippen molar-refractivity contribution in [3.63, 3.8) is 0 Å². The number of fused-ring (bicyclic) bond motifs is 1. The van der Waals surface area contributed by atoms with E-state index in [4.69, 9.17) is 4.74 Å². The van der Waals surface area contributed by atoms with E-state index in [9.17, 15) is 4.79 Å². The van der Waals surface area contributed by atoms with Crippen LogP contribution in [0, 0.1) is 0 Å². The lowest BCUT2D eigenvalue weighted by Gasteiger charge is -2.29. The summed E-state index contributed by atoms with van der Waals surface area (Å²) in [5.74, 6) is 0.970. The Bertz CT molecular complexity index is 712. The summed E-state index contributed by atoms with van der Waals surface area (Å²) in [5, 5.41) is 0. The lowest BCUT2D eigenvalue weighted by Crippen LogP contribution is -2.37. The molecule has 0 unspecified atom stereocenters. The molecule has 1 aliphatic heterocycles. The standard InChI is InChI=1S/C20H22BrNO2/c1-2-3-13-24-19-6-4-5-18-17(19)11-12-22(20(18)23)14-15-7-9-16(21)10-8-15/h4-10H,2-3,11-14H2,1H3. The lowest BCUT2D eigenvalue weighted by atomic mass is 9.97. The van der Waals surface area contributed by atoms with Crippen LogP contribution in [0.2, 0.25) is 0 Å². The fourth-order valence-electron chi connectivity index (χ4n) is 2.97. The van der Waals surface area contributed by atoms with Gasteiger partial charge in [0.15, 0.2) is 0 Å². The molecule has 0 bridgehead atoms. The van der Waals surface area contributed by atoms with E-state index in [0.29, 0.717) is 13.2 Å². The molecule has 1 aliphatic rings. The van der Waals surface area contributed by atoms with E-state index in [2.05, 4.69) is 35.0 Å². The maximum Gasteiger partial charge on any atom is 0.254 e. The van der Waals surface area contributed by atoms with Crippen molar-refractivity contribution in [2.24, 2.45) is 0 Å².